The van der Waals surface area contributed by atoms with E-state index >= 15 is 0 Å². The number of likely N-dealkylation sites (tertiary alicyclic amines) is 1. The van der Waals surface area contributed by atoms with Crippen LogP contribution in [0, 0.1) is 5.92 Å². The van der Waals surface area contributed by atoms with Gasteiger partial charge in [0.25, 0.3) is 5.91 Å². The minimum Gasteiger partial charge on any atom is -0.335 e. The van der Waals surface area contributed by atoms with E-state index < -0.39 is 0 Å². The Labute approximate surface area is 142 Å². The van der Waals surface area contributed by atoms with Crippen molar-refractivity contribution >= 4 is 5.91 Å². The number of hydrogen-bond acceptors (Lipinski definition) is 3. The third kappa shape index (κ3) is 2.63. The molecule has 1 saturated carbocycles. The number of benzene rings is 1. The van der Waals surface area contributed by atoms with E-state index in [0.29, 0.717) is 18.4 Å². The Morgan fingerprint density at radius 1 is 1.29 bits per heavy atom. The largest absolute Gasteiger partial charge is 0.335 e. The van der Waals surface area contributed by atoms with Crippen LogP contribution in [0.3, 0.4) is 0 Å². The van der Waals surface area contributed by atoms with Gasteiger partial charge in [0.05, 0.1) is 23.1 Å². The number of carbonyl (C=O) groups is 1. The molecule has 5 nitrogen and oxygen atoms in total. The van der Waals surface area contributed by atoms with E-state index in [1.165, 1.54) is 0 Å². The summed E-state index contributed by atoms with van der Waals surface area (Å²) in [5, 5.41) is 4.55. The van der Waals surface area contributed by atoms with Gasteiger partial charge in [0.15, 0.2) is 0 Å². The molecule has 1 saturated heterocycles. The molecule has 2 aliphatic rings. The van der Waals surface area contributed by atoms with Crippen molar-refractivity contribution in [3.63, 3.8) is 0 Å². The molecular formula is C19H24N4O. The van der Waals surface area contributed by atoms with E-state index in [1.807, 2.05) is 39.9 Å². The van der Waals surface area contributed by atoms with Gasteiger partial charge in [-0.1, -0.05) is 18.2 Å². The van der Waals surface area contributed by atoms with Crippen molar-refractivity contribution in [2.24, 2.45) is 11.7 Å². The third-order valence-electron chi connectivity index (χ3n) is 5.26. The van der Waals surface area contributed by atoms with Crippen molar-refractivity contribution in [1.29, 1.82) is 0 Å². The first-order valence-electron chi connectivity index (χ1n) is 8.83. The molecule has 0 bridgehead atoms. The lowest BCUT2D eigenvalue weighted by molar-refractivity contribution is 0.0742. The van der Waals surface area contributed by atoms with Crippen LogP contribution in [0.15, 0.2) is 36.5 Å². The van der Waals surface area contributed by atoms with E-state index in [1.54, 1.807) is 6.20 Å². The molecule has 5 heteroatoms. The minimum atomic E-state index is 0.113. The SMILES string of the molecule is CC1CC(CN)CN1C(=O)c1cnn(-c2ccccc2)c1C1CC1. The van der Waals surface area contributed by atoms with Crippen LogP contribution >= 0.6 is 0 Å². The molecule has 1 aliphatic heterocycles. The number of para-hydroxylation sites is 1. The quantitative estimate of drug-likeness (QED) is 0.940. The van der Waals surface area contributed by atoms with Crippen molar-refractivity contribution < 1.29 is 4.79 Å². The van der Waals surface area contributed by atoms with Crippen molar-refractivity contribution in [3.8, 4) is 5.69 Å². The van der Waals surface area contributed by atoms with Crippen LogP contribution < -0.4 is 5.73 Å². The first-order chi connectivity index (χ1) is 11.7. The zero-order valence-corrected chi connectivity index (χ0v) is 14.1. The molecule has 0 radical (unpaired) electrons. The summed E-state index contributed by atoms with van der Waals surface area (Å²) < 4.78 is 1.95. The molecule has 1 aromatic carbocycles. The number of nitrogens with zero attached hydrogens (tertiary/aromatic N) is 3. The normalized spacial score (nSPS) is 23.7. The Balaban J connectivity index is 1.69. The van der Waals surface area contributed by atoms with E-state index in [9.17, 15) is 4.79 Å². The number of carbonyl (C=O) groups excluding carboxylic acids is 1. The van der Waals surface area contributed by atoms with Crippen LogP contribution in [0.4, 0.5) is 0 Å². The van der Waals surface area contributed by atoms with Crippen LogP contribution in [0.25, 0.3) is 5.69 Å². The van der Waals surface area contributed by atoms with Crippen LogP contribution in [-0.2, 0) is 0 Å². The van der Waals surface area contributed by atoms with Crippen LogP contribution in [0.1, 0.15) is 48.2 Å². The number of hydrogen-bond donors (Lipinski definition) is 1. The Morgan fingerprint density at radius 3 is 2.67 bits per heavy atom. The van der Waals surface area contributed by atoms with E-state index in [4.69, 9.17) is 5.73 Å². The summed E-state index contributed by atoms with van der Waals surface area (Å²) in [6.07, 6.45) is 5.03. The van der Waals surface area contributed by atoms with Gasteiger partial charge >= 0.3 is 0 Å². The number of rotatable bonds is 4. The first kappa shape index (κ1) is 15.4. The predicted molar refractivity (Wildman–Crippen MR) is 93.2 cm³/mol. The summed E-state index contributed by atoms with van der Waals surface area (Å²) in [6.45, 7) is 3.52. The molecular weight excluding hydrogens is 300 g/mol. The standard InChI is InChI=1S/C19H24N4O/c1-13-9-14(10-20)12-22(13)19(24)17-11-21-23(18(17)15-7-8-15)16-5-3-2-4-6-16/h2-6,11,13-15H,7-10,12,20H2,1H3. The second-order valence-corrected chi connectivity index (χ2v) is 7.11. The summed E-state index contributed by atoms with van der Waals surface area (Å²) >= 11 is 0. The highest BCUT2D eigenvalue weighted by molar-refractivity contribution is 5.96. The average Bonchev–Trinajstić information content (AvgIpc) is 3.24. The number of nitrogens with two attached hydrogens (primary N) is 1. The van der Waals surface area contributed by atoms with Crippen molar-refractivity contribution in [2.45, 2.75) is 38.1 Å². The van der Waals surface area contributed by atoms with Crippen molar-refractivity contribution in [3.05, 3.63) is 47.8 Å². The first-order valence-corrected chi connectivity index (χ1v) is 8.83. The van der Waals surface area contributed by atoms with Gasteiger partial charge in [-0.25, -0.2) is 4.68 Å². The zero-order valence-electron chi connectivity index (χ0n) is 14.1. The van der Waals surface area contributed by atoms with Gasteiger partial charge in [-0.15, -0.1) is 0 Å². The van der Waals surface area contributed by atoms with Crippen molar-refractivity contribution in [1.82, 2.24) is 14.7 Å². The molecule has 2 aromatic rings. The molecule has 1 amide bonds. The second-order valence-electron chi connectivity index (χ2n) is 7.11. The van der Waals surface area contributed by atoms with Gasteiger partial charge in [0, 0.05) is 18.5 Å². The van der Waals surface area contributed by atoms with Crippen LogP contribution in [0.2, 0.25) is 0 Å². The number of amides is 1. The van der Waals surface area contributed by atoms with Gasteiger partial charge in [-0.2, -0.15) is 5.10 Å². The lowest BCUT2D eigenvalue weighted by Gasteiger charge is -2.21. The van der Waals surface area contributed by atoms with Gasteiger partial charge in [0.2, 0.25) is 0 Å². The van der Waals surface area contributed by atoms with Crippen LogP contribution in [0.5, 0.6) is 0 Å². The monoisotopic (exact) mass is 324 g/mol. The summed E-state index contributed by atoms with van der Waals surface area (Å²) in [4.78, 5) is 15.1. The van der Waals surface area contributed by atoms with Crippen molar-refractivity contribution in [2.75, 3.05) is 13.1 Å². The van der Waals surface area contributed by atoms with Gasteiger partial charge < -0.3 is 10.6 Å². The fraction of sp³-hybridized carbons (Fsp3) is 0.474. The molecule has 2 unspecified atom stereocenters. The fourth-order valence-electron chi connectivity index (χ4n) is 3.80. The Bertz CT molecular complexity index is 735. The lowest BCUT2D eigenvalue weighted by Crippen LogP contribution is -2.34. The smallest absolute Gasteiger partial charge is 0.257 e. The molecule has 4 rings (SSSR count). The van der Waals surface area contributed by atoms with E-state index in [2.05, 4.69) is 12.0 Å². The molecule has 2 atom stereocenters. The van der Waals surface area contributed by atoms with Crippen LogP contribution in [-0.4, -0.2) is 39.7 Å². The fourth-order valence-corrected chi connectivity index (χ4v) is 3.80. The summed E-state index contributed by atoms with van der Waals surface area (Å²) in [5.41, 5.74) is 8.68. The highest BCUT2D eigenvalue weighted by Gasteiger charge is 2.37. The van der Waals surface area contributed by atoms with Gasteiger partial charge in [-0.3, -0.25) is 4.79 Å². The summed E-state index contributed by atoms with van der Waals surface area (Å²) in [6, 6.07) is 10.3. The maximum absolute atomic E-state index is 13.1. The predicted octanol–water partition coefficient (Wildman–Crippen LogP) is 2.56. The van der Waals surface area contributed by atoms with Gasteiger partial charge in [0.1, 0.15) is 0 Å². The average molecular weight is 324 g/mol. The zero-order chi connectivity index (χ0) is 16.7. The third-order valence-corrected chi connectivity index (χ3v) is 5.26. The maximum Gasteiger partial charge on any atom is 0.257 e. The summed E-state index contributed by atoms with van der Waals surface area (Å²) in [7, 11) is 0. The molecule has 0 spiro atoms. The Kier molecular flexibility index (Phi) is 3.88. The lowest BCUT2D eigenvalue weighted by atomic mass is 10.1. The second kappa shape index (κ2) is 6.06. The molecule has 2 N–H and O–H groups in total. The highest BCUT2D eigenvalue weighted by atomic mass is 16.2. The maximum atomic E-state index is 13.1. The highest BCUT2D eigenvalue weighted by Crippen LogP contribution is 2.43. The molecule has 1 aromatic heterocycles. The Hall–Kier alpha value is -2.14. The van der Waals surface area contributed by atoms with E-state index in [-0.39, 0.29) is 11.9 Å². The number of aromatic nitrogens is 2. The van der Waals surface area contributed by atoms with Gasteiger partial charge in [-0.05, 0) is 50.8 Å². The molecule has 126 valence electrons. The molecule has 2 fully saturated rings. The Morgan fingerprint density at radius 2 is 2.04 bits per heavy atom. The van der Waals surface area contributed by atoms with E-state index in [0.717, 1.165) is 42.8 Å². The minimum absolute atomic E-state index is 0.113. The topological polar surface area (TPSA) is 64.2 Å². The summed E-state index contributed by atoms with van der Waals surface area (Å²) in [5.74, 6) is 0.981. The molecule has 24 heavy (non-hydrogen) atoms. The molecule has 1 aliphatic carbocycles. The molecule has 2 heterocycles.